The number of carbonyl (C=O) groups excluding carboxylic acids is 1. The fraction of sp³-hybridized carbons (Fsp3) is 0.571. The van der Waals surface area contributed by atoms with Crippen LogP contribution in [-0.4, -0.2) is 76.8 Å². The lowest BCUT2D eigenvalue weighted by Gasteiger charge is -2.35. The zero-order valence-corrected chi connectivity index (χ0v) is 17.4. The summed E-state index contributed by atoms with van der Waals surface area (Å²) >= 11 is 0. The van der Waals surface area contributed by atoms with Gasteiger partial charge in [0.05, 0.1) is 18.8 Å². The number of aromatic nitrogens is 3. The number of ether oxygens (including phenoxy) is 1. The lowest BCUT2D eigenvalue weighted by molar-refractivity contribution is 0.124. The molecule has 0 aliphatic carbocycles. The highest BCUT2D eigenvalue weighted by atomic mass is 19.1. The summed E-state index contributed by atoms with van der Waals surface area (Å²) in [5.41, 5.74) is 1.78. The van der Waals surface area contributed by atoms with Crippen molar-refractivity contribution in [2.45, 2.75) is 26.3 Å². The van der Waals surface area contributed by atoms with E-state index in [0.717, 1.165) is 50.5 Å². The fourth-order valence-electron chi connectivity index (χ4n) is 4.08. The Kier molecular flexibility index (Phi) is 6.59. The third kappa shape index (κ3) is 4.96. The average molecular weight is 417 g/mol. The second kappa shape index (κ2) is 9.53. The van der Waals surface area contributed by atoms with Crippen LogP contribution in [0.15, 0.2) is 24.3 Å². The summed E-state index contributed by atoms with van der Waals surface area (Å²) < 4.78 is 20.3. The van der Waals surface area contributed by atoms with Crippen molar-refractivity contribution >= 4 is 11.8 Å². The molecule has 162 valence electrons. The summed E-state index contributed by atoms with van der Waals surface area (Å²) in [5, 5.41) is 11.3. The maximum Gasteiger partial charge on any atom is 0.323 e. The Morgan fingerprint density at radius 3 is 2.67 bits per heavy atom. The van der Waals surface area contributed by atoms with Gasteiger partial charge >= 0.3 is 6.03 Å². The van der Waals surface area contributed by atoms with Gasteiger partial charge in [-0.25, -0.2) is 13.9 Å². The molecule has 1 aromatic heterocycles. The molecule has 2 saturated heterocycles. The van der Waals surface area contributed by atoms with Crippen molar-refractivity contribution in [1.82, 2.24) is 24.8 Å². The first-order valence-electron chi connectivity index (χ1n) is 10.6. The average Bonchev–Trinajstić information content (AvgIpc) is 3.40. The molecule has 1 N–H and O–H groups in total. The van der Waals surface area contributed by atoms with E-state index in [0.29, 0.717) is 37.8 Å². The lowest BCUT2D eigenvalue weighted by Crippen LogP contribution is -2.51. The number of benzene rings is 1. The van der Waals surface area contributed by atoms with Crippen molar-refractivity contribution in [3.8, 4) is 0 Å². The molecule has 0 spiro atoms. The summed E-state index contributed by atoms with van der Waals surface area (Å²) in [6.45, 7) is 8.41. The highest BCUT2D eigenvalue weighted by Crippen LogP contribution is 2.17. The number of hydrogen-bond donors (Lipinski definition) is 1. The van der Waals surface area contributed by atoms with Gasteiger partial charge < -0.3 is 9.64 Å². The summed E-state index contributed by atoms with van der Waals surface area (Å²) in [5.74, 6) is 0.849. The van der Waals surface area contributed by atoms with Gasteiger partial charge in [0.25, 0.3) is 0 Å². The van der Waals surface area contributed by atoms with Crippen LogP contribution in [0.4, 0.5) is 15.0 Å². The molecule has 2 aliphatic rings. The van der Waals surface area contributed by atoms with E-state index >= 15 is 0 Å². The number of rotatable bonds is 6. The Morgan fingerprint density at radius 2 is 2.00 bits per heavy atom. The molecule has 0 radical (unpaired) electrons. The van der Waals surface area contributed by atoms with Crippen molar-refractivity contribution in [3.63, 3.8) is 0 Å². The number of halogens is 1. The smallest absolute Gasteiger partial charge is 0.323 e. The largest absolute Gasteiger partial charge is 0.381 e. The van der Waals surface area contributed by atoms with Gasteiger partial charge in [-0.3, -0.25) is 10.2 Å². The minimum Gasteiger partial charge on any atom is -0.381 e. The number of hydrogen-bond acceptors (Lipinski definition) is 5. The molecule has 0 bridgehead atoms. The van der Waals surface area contributed by atoms with Gasteiger partial charge in [-0.1, -0.05) is 24.3 Å². The first-order valence-corrected chi connectivity index (χ1v) is 10.6. The summed E-state index contributed by atoms with van der Waals surface area (Å²) in [7, 11) is 0. The van der Waals surface area contributed by atoms with Crippen molar-refractivity contribution in [2.24, 2.45) is 5.92 Å². The Balaban J connectivity index is 1.32. The predicted octanol–water partition coefficient (Wildman–Crippen LogP) is 2.21. The van der Waals surface area contributed by atoms with Crippen molar-refractivity contribution in [1.29, 1.82) is 0 Å². The van der Waals surface area contributed by atoms with Crippen molar-refractivity contribution in [2.75, 3.05) is 51.3 Å². The Labute approximate surface area is 176 Å². The molecule has 1 atom stereocenters. The molecule has 0 saturated carbocycles. The molecule has 2 aliphatic heterocycles. The molecule has 2 fully saturated rings. The topological polar surface area (TPSA) is 75.5 Å². The zero-order valence-electron chi connectivity index (χ0n) is 17.4. The van der Waals surface area contributed by atoms with Gasteiger partial charge in [-0.2, -0.15) is 0 Å². The van der Waals surface area contributed by atoms with E-state index in [-0.39, 0.29) is 11.8 Å². The summed E-state index contributed by atoms with van der Waals surface area (Å²) in [4.78, 5) is 17.0. The zero-order chi connectivity index (χ0) is 20.9. The second-order valence-electron chi connectivity index (χ2n) is 7.97. The SMILES string of the molecule is CCc1c(NC(=O)N2CCN(CC3CCOC3)CC2)nnn1Cc1ccc(F)cc1. The van der Waals surface area contributed by atoms with Gasteiger partial charge in [-0.05, 0) is 36.5 Å². The van der Waals surface area contributed by atoms with Gasteiger partial charge in [-0.15, -0.1) is 5.10 Å². The first-order chi connectivity index (χ1) is 14.6. The quantitative estimate of drug-likeness (QED) is 0.782. The molecule has 30 heavy (non-hydrogen) atoms. The fourth-order valence-corrected chi connectivity index (χ4v) is 4.08. The van der Waals surface area contributed by atoms with Crippen LogP contribution in [0.5, 0.6) is 0 Å². The minimum absolute atomic E-state index is 0.137. The van der Waals surface area contributed by atoms with Gasteiger partial charge in [0.1, 0.15) is 5.82 Å². The normalized spacial score (nSPS) is 19.9. The lowest BCUT2D eigenvalue weighted by atomic mass is 10.1. The summed E-state index contributed by atoms with van der Waals surface area (Å²) in [6.07, 6.45) is 1.81. The van der Waals surface area contributed by atoms with Crippen LogP contribution < -0.4 is 5.32 Å². The van der Waals surface area contributed by atoms with E-state index < -0.39 is 0 Å². The van der Waals surface area contributed by atoms with Crippen LogP contribution >= 0.6 is 0 Å². The van der Waals surface area contributed by atoms with Gasteiger partial charge in [0, 0.05) is 39.3 Å². The second-order valence-corrected chi connectivity index (χ2v) is 7.97. The monoisotopic (exact) mass is 416 g/mol. The van der Waals surface area contributed by atoms with Crippen LogP contribution in [0.1, 0.15) is 24.6 Å². The standard InChI is InChI=1S/C21H29FN6O2/c1-2-19-20(24-25-28(19)14-16-3-5-18(22)6-4-16)23-21(29)27-10-8-26(9-11-27)13-17-7-12-30-15-17/h3-6,17H,2,7-15H2,1H3,(H,23,29). The predicted molar refractivity (Wildman–Crippen MR) is 111 cm³/mol. The molecule has 4 rings (SSSR count). The molecule has 3 heterocycles. The molecule has 1 unspecified atom stereocenters. The van der Waals surface area contributed by atoms with Crippen LogP contribution in [0.2, 0.25) is 0 Å². The number of piperazine rings is 1. The number of anilines is 1. The van der Waals surface area contributed by atoms with E-state index in [1.165, 1.54) is 12.1 Å². The highest BCUT2D eigenvalue weighted by molar-refractivity contribution is 5.88. The maximum atomic E-state index is 13.1. The molecular formula is C21H29FN6O2. The van der Waals surface area contributed by atoms with Crippen molar-refractivity contribution < 1.29 is 13.9 Å². The van der Waals surface area contributed by atoms with Crippen LogP contribution in [0.25, 0.3) is 0 Å². The Morgan fingerprint density at radius 1 is 1.23 bits per heavy atom. The molecule has 1 aromatic carbocycles. The van der Waals surface area contributed by atoms with Gasteiger partial charge in [0.2, 0.25) is 0 Å². The van der Waals surface area contributed by atoms with Gasteiger partial charge in [0.15, 0.2) is 5.82 Å². The van der Waals surface area contributed by atoms with E-state index in [1.807, 2.05) is 11.8 Å². The Hall–Kier alpha value is -2.52. The third-order valence-electron chi connectivity index (χ3n) is 5.84. The van der Waals surface area contributed by atoms with Crippen LogP contribution in [-0.2, 0) is 17.7 Å². The van der Waals surface area contributed by atoms with E-state index in [9.17, 15) is 9.18 Å². The van der Waals surface area contributed by atoms with E-state index in [1.54, 1.807) is 16.8 Å². The molecular weight excluding hydrogens is 387 g/mol. The summed E-state index contributed by atoms with van der Waals surface area (Å²) in [6, 6.07) is 6.18. The third-order valence-corrected chi connectivity index (χ3v) is 5.84. The number of carbonyl (C=O) groups is 1. The van der Waals surface area contributed by atoms with Crippen LogP contribution in [0, 0.1) is 11.7 Å². The van der Waals surface area contributed by atoms with E-state index in [2.05, 4.69) is 20.5 Å². The number of nitrogens with zero attached hydrogens (tertiary/aromatic N) is 5. The Bertz CT molecular complexity index is 842. The molecule has 2 aromatic rings. The molecule has 2 amide bonds. The highest BCUT2D eigenvalue weighted by Gasteiger charge is 2.26. The number of amides is 2. The molecule has 9 heteroatoms. The maximum absolute atomic E-state index is 13.1. The molecule has 8 nitrogen and oxygen atoms in total. The number of urea groups is 1. The first kappa shape index (κ1) is 20.7. The van der Waals surface area contributed by atoms with E-state index in [4.69, 9.17) is 4.74 Å². The van der Waals surface area contributed by atoms with Crippen LogP contribution in [0.3, 0.4) is 0 Å². The van der Waals surface area contributed by atoms with Crippen molar-refractivity contribution in [3.05, 3.63) is 41.3 Å². The minimum atomic E-state index is -0.266. The number of nitrogens with one attached hydrogen (secondary N) is 1.